The maximum atomic E-state index is 11.8. The summed E-state index contributed by atoms with van der Waals surface area (Å²) in [5, 5.41) is 6.18. The second kappa shape index (κ2) is 5.84. The molecule has 0 radical (unpaired) electrons. The van der Waals surface area contributed by atoms with Crippen LogP contribution in [0.1, 0.15) is 16.5 Å². The van der Waals surface area contributed by atoms with Gasteiger partial charge in [0.2, 0.25) is 5.91 Å². The number of halogens is 1. The molecule has 2 rings (SSSR count). The summed E-state index contributed by atoms with van der Waals surface area (Å²) in [6.45, 7) is 0.526. The number of carbonyl (C=O) groups excluding carboxylic acids is 1. The van der Waals surface area contributed by atoms with E-state index >= 15 is 0 Å². The molecule has 0 saturated heterocycles. The second-order valence-corrected chi connectivity index (χ2v) is 4.84. The van der Waals surface area contributed by atoms with E-state index in [1.54, 1.807) is 11.3 Å². The Morgan fingerprint density at radius 3 is 2.71 bits per heavy atom. The molecule has 2 aromatic rings. The Kier molecular flexibility index (Phi) is 4.18. The summed E-state index contributed by atoms with van der Waals surface area (Å²) in [5.41, 5.74) is 1.91. The fourth-order valence-electron chi connectivity index (χ4n) is 1.45. The van der Waals surface area contributed by atoms with Crippen LogP contribution >= 0.6 is 22.9 Å². The van der Waals surface area contributed by atoms with E-state index in [1.807, 2.05) is 47.2 Å². The molecule has 88 valence electrons. The number of thiophene rings is 1. The zero-order valence-electron chi connectivity index (χ0n) is 9.10. The summed E-state index contributed by atoms with van der Waals surface area (Å²) in [6.07, 6.45) is 0. The summed E-state index contributed by atoms with van der Waals surface area (Å²) in [5.74, 6) is -0.163. The number of amides is 1. The Morgan fingerprint density at radius 1 is 1.29 bits per heavy atom. The summed E-state index contributed by atoms with van der Waals surface area (Å²) in [4.78, 5) is 11.8. The van der Waals surface area contributed by atoms with E-state index in [1.165, 1.54) is 0 Å². The monoisotopic (exact) mass is 265 g/mol. The van der Waals surface area contributed by atoms with Crippen LogP contribution in [0.5, 0.6) is 0 Å². The maximum absolute atomic E-state index is 11.8. The van der Waals surface area contributed by atoms with Gasteiger partial charge in [0.15, 0.2) is 0 Å². The lowest BCUT2D eigenvalue weighted by Crippen LogP contribution is -2.26. The van der Waals surface area contributed by atoms with Crippen molar-refractivity contribution in [2.45, 2.75) is 11.9 Å². The average Bonchev–Trinajstić information content (AvgIpc) is 2.89. The van der Waals surface area contributed by atoms with Gasteiger partial charge < -0.3 is 5.32 Å². The van der Waals surface area contributed by atoms with E-state index in [2.05, 4.69) is 5.32 Å². The Hall–Kier alpha value is -1.32. The van der Waals surface area contributed by atoms with E-state index in [9.17, 15) is 4.79 Å². The molecule has 0 aliphatic carbocycles. The third kappa shape index (κ3) is 3.32. The molecular weight excluding hydrogens is 254 g/mol. The predicted molar refractivity (Wildman–Crippen MR) is 71.2 cm³/mol. The van der Waals surface area contributed by atoms with E-state index in [-0.39, 0.29) is 5.91 Å². The Bertz CT molecular complexity index is 469. The fraction of sp³-hybridized carbons (Fsp3) is 0.154. The minimum absolute atomic E-state index is 0.163. The number of hydrogen-bond donors (Lipinski definition) is 1. The van der Waals surface area contributed by atoms with Gasteiger partial charge in [0.05, 0.1) is 0 Å². The molecule has 0 fully saturated rings. The number of benzene rings is 1. The summed E-state index contributed by atoms with van der Waals surface area (Å²) in [6, 6.07) is 11.3. The summed E-state index contributed by atoms with van der Waals surface area (Å²) < 4.78 is 0. The lowest BCUT2D eigenvalue weighted by Gasteiger charge is -2.10. The van der Waals surface area contributed by atoms with Crippen molar-refractivity contribution in [3.8, 4) is 0 Å². The first-order chi connectivity index (χ1) is 8.27. The maximum Gasteiger partial charge on any atom is 0.242 e. The van der Waals surface area contributed by atoms with Crippen LogP contribution in [-0.2, 0) is 11.3 Å². The van der Waals surface area contributed by atoms with Crippen molar-refractivity contribution in [3.05, 3.63) is 58.3 Å². The molecule has 1 amide bonds. The fourth-order valence-corrected chi connectivity index (χ4v) is 2.34. The van der Waals surface area contributed by atoms with Crippen LogP contribution in [0.4, 0.5) is 0 Å². The van der Waals surface area contributed by atoms with Gasteiger partial charge in [-0.2, -0.15) is 11.3 Å². The van der Waals surface area contributed by atoms with E-state index in [0.29, 0.717) is 6.54 Å². The number of hydrogen-bond acceptors (Lipinski definition) is 2. The summed E-state index contributed by atoms with van der Waals surface area (Å²) in [7, 11) is 0. The molecule has 0 spiro atoms. The molecule has 17 heavy (non-hydrogen) atoms. The minimum Gasteiger partial charge on any atom is -0.350 e. The van der Waals surface area contributed by atoms with Crippen molar-refractivity contribution in [2.24, 2.45) is 0 Å². The highest BCUT2D eigenvalue weighted by Crippen LogP contribution is 2.20. The molecule has 1 unspecified atom stereocenters. The molecule has 1 atom stereocenters. The van der Waals surface area contributed by atoms with Crippen molar-refractivity contribution in [2.75, 3.05) is 0 Å². The van der Waals surface area contributed by atoms with Gasteiger partial charge in [-0.25, -0.2) is 0 Å². The molecule has 0 aliphatic rings. The SMILES string of the molecule is O=C(NCc1ccsc1)C(Cl)c1ccccc1. The lowest BCUT2D eigenvalue weighted by atomic mass is 10.1. The topological polar surface area (TPSA) is 29.1 Å². The largest absolute Gasteiger partial charge is 0.350 e. The second-order valence-electron chi connectivity index (χ2n) is 3.62. The first-order valence-corrected chi connectivity index (χ1v) is 6.63. The van der Waals surface area contributed by atoms with Crippen molar-refractivity contribution in [3.63, 3.8) is 0 Å². The van der Waals surface area contributed by atoms with Gasteiger partial charge in [0.25, 0.3) is 0 Å². The quantitative estimate of drug-likeness (QED) is 0.844. The van der Waals surface area contributed by atoms with Crippen LogP contribution in [0.15, 0.2) is 47.2 Å². The molecular formula is C13H12ClNOS. The van der Waals surface area contributed by atoms with E-state index in [0.717, 1.165) is 11.1 Å². The third-order valence-electron chi connectivity index (χ3n) is 2.37. The Balaban J connectivity index is 1.92. The Morgan fingerprint density at radius 2 is 2.06 bits per heavy atom. The van der Waals surface area contributed by atoms with Crippen molar-refractivity contribution in [1.29, 1.82) is 0 Å². The van der Waals surface area contributed by atoms with E-state index in [4.69, 9.17) is 11.6 Å². The molecule has 0 aliphatic heterocycles. The Labute approximate surface area is 109 Å². The minimum atomic E-state index is -0.630. The number of nitrogens with one attached hydrogen (secondary N) is 1. The van der Waals surface area contributed by atoms with Gasteiger partial charge in [-0.05, 0) is 28.0 Å². The highest BCUT2D eigenvalue weighted by Gasteiger charge is 2.16. The smallest absolute Gasteiger partial charge is 0.242 e. The molecule has 0 saturated carbocycles. The molecule has 1 aromatic carbocycles. The first-order valence-electron chi connectivity index (χ1n) is 5.25. The van der Waals surface area contributed by atoms with Crippen molar-refractivity contribution < 1.29 is 4.79 Å². The van der Waals surface area contributed by atoms with Crippen LogP contribution in [0.2, 0.25) is 0 Å². The molecule has 2 nitrogen and oxygen atoms in total. The van der Waals surface area contributed by atoms with Gasteiger partial charge in [0.1, 0.15) is 5.38 Å². The lowest BCUT2D eigenvalue weighted by molar-refractivity contribution is -0.121. The molecule has 4 heteroatoms. The van der Waals surface area contributed by atoms with Crippen molar-refractivity contribution in [1.82, 2.24) is 5.32 Å². The van der Waals surface area contributed by atoms with Gasteiger partial charge in [0, 0.05) is 6.54 Å². The normalized spacial score (nSPS) is 12.1. The summed E-state index contributed by atoms with van der Waals surface area (Å²) >= 11 is 7.70. The van der Waals surface area contributed by atoms with Crippen LogP contribution in [0.3, 0.4) is 0 Å². The van der Waals surface area contributed by atoms with E-state index < -0.39 is 5.38 Å². The first kappa shape index (κ1) is 12.1. The number of carbonyl (C=O) groups is 1. The van der Waals surface area contributed by atoms with Crippen molar-refractivity contribution >= 4 is 28.8 Å². The molecule has 0 bridgehead atoms. The highest BCUT2D eigenvalue weighted by molar-refractivity contribution is 7.07. The molecule has 1 N–H and O–H groups in total. The zero-order chi connectivity index (χ0) is 12.1. The van der Waals surface area contributed by atoms with Gasteiger partial charge in [-0.1, -0.05) is 30.3 Å². The zero-order valence-corrected chi connectivity index (χ0v) is 10.7. The third-order valence-corrected chi connectivity index (χ3v) is 3.55. The van der Waals surface area contributed by atoms with Crippen LogP contribution in [0, 0.1) is 0 Å². The average molecular weight is 266 g/mol. The van der Waals surface area contributed by atoms with Gasteiger partial charge >= 0.3 is 0 Å². The van der Waals surface area contributed by atoms with Gasteiger partial charge in [-0.3, -0.25) is 4.79 Å². The van der Waals surface area contributed by atoms with Gasteiger partial charge in [-0.15, -0.1) is 11.6 Å². The van der Waals surface area contributed by atoms with Crippen LogP contribution in [-0.4, -0.2) is 5.91 Å². The van der Waals surface area contributed by atoms with Crippen LogP contribution in [0.25, 0.3) is 0 Å². The van der Waals surface area contributed by atoms with Crippen LogP contribution < -0.4 is 5.32 Å². The molecule has 1 heterocycles. The predicted octanol–water partition coefficient (Wildman–Crippen LogP) is 3.34. The highest BCUT2D eigenvalue weighted by atomic mass is 35.5. The number of alkyl halides is 1. The number of rotatable bonds is 4. The standard InChI is InChI=1S/C13H12ClNOS/c14-12(11-4-2-1-3-5-11)13(16)15-8-10-6-7-17-9-10/h1-7,9,12H,8H2,(H,15,16). The molecule has 1 aromatic heterocycles.